The van der Waals surface area contributed by atoms with Gasteiger partial charge in [-0.2, -0.15) is 0 Å². The van der Waals surface area contributed by atoms with E-state index in [9.17, 15) is 0 Å². The Morgan fingerprint density at radius 3 is 1.54 bits per heavy atom. The minimum atomic E-state index is 0.0981. The molecule has 2 nitrogen and oxygen atoms in total. The van der Waals surface area contributed by atoms with Gasteiger partial charge in [-0.05, 0) is 24.0 Å². The molecule has 0 aliphatic heterocycles. The molecular weight excluding hydrogens is 184 g/mol. The highest BCUT2D eigenvalue weighted by Gasteiger charge is 2.13. The summed E-state index contributed by atoms with van der Waals surface area (Å²) in [5.74, 6) is 0. The predicted octanol–water partition coefficient (Wildman–Crippen LogP) is 1.86. The third-order valence-corrected chi connectivity index (χ3v) is 3.52. The van der Waals surface area contributed by atoms with Crippen molar-refractivity contribution in [3.05, 3.63) is 20.9 Å². The molecule has 74 valence electrons. The van der Waals surface area contributed by atoms with Crippen LogP contribution in [0.3, 0.4) is 0 Å². The van der Waals surface area contributed by atoms with Crippen molar-refractivity contribution in [3.63, 3.8) is 0 Å². The van der Waals surface area contributed by atoms with Gasteiger partial charge in [0.15, 0.2) is 0 Å². The van der Waals surface area contributed by atoms with Gasteiger partial charge in [-0.1, -0.05) is 13.8 Å². The highest BCUT2D eigenvalue weighted by Crippen LogP contribution is 2.29. The van der Waals surface area contributed by atoms with Gasteiger partial charge in [-0.15, -0.1) is 11.3 Å². The second-order valence-electron chi connectivity index (χ2n) is 2.93. The molecule has 1 heterocycles. The Kier molecular flexibility index (Phi) is 3.90. The first-order valence-electron chi connectivity index (χ1n) is 4.62. The molecule has 1 aromatic heterocycles. The number of hydrogen-bond acceptors (Lipinski definition) is 3. The summed E-state index contributed by atoms with van der Waals surface area (Å²) < 4.78 is 0. The standard InChI is InChI=1S/C10H16O2S/c1-3-7-8(4-2)10(6-12)13-9(7)5-11/h11-12H,3-6H2,1-2H3. The molecule has 0 aromatic carbocycles. The number of aliphatic hydroxyl groups excluding tert-OH is 2. The van der Waals surface area contributed by atoms with Crippen molar-refractivity contribution in [1.82, 2.24) is 0 Å². The fraction of sp³-hybridized carbons (Fsp3) is 0.600. The molecule has 1 aromatic rings. The Bertz CT molecular complexity index is 252. The maximum Gasteiger partial charge on any atom is 0.0777 e. The molecule has 3 heteroatoms. The molecule has 0 saturated heterocycles. The molecule has 0 unspecified atom stereocenters. The van der Waals surface area contributed by atoms with Gasteiger partial charge in [0.25, 0.3) is 0 Å². The zero-order valence-corrected chi connectivity index (χ0v) is 8.95. The molecule has 2 N–H and O–H groups in total. The fourth-order valence-corrected chi connectivity index (χ4v) is 2.89. The fourth-order valence-electron chi connectivity index (χ4n) is 1.69. The summed E-state index contributed by atoms with van der Waals surface area (Å²) in [6, 6.07) is 0. The van der Waals surface area contributed by atoms with Crippen molar-refractivity contribution in [2.45, 2.75) is 39.9 Å². The van der Waals surface area contributed by atoms with Crippen LogP contribution in [0.25, 0.3) is 0 Å². The number of hydrogen-bond donors (Lipinski definition) is 2. The van der Waals surface area contributed by atoms with Gasteiger partial charge in [-0.25, -0.2) is 0 Å². The van der Waals surface area contributed by atoms with Crippen molar-refractivity contribution < 1.29 is 10.2 Å². The van der Waals surface area contributed by atoms with Gasteiger partial charge in [0.05, 0.1) is 13.2 Å². The van der Waals surface area contributed by atoms with Crippen LogP contribution in [0, 0.1) is 0 Å². The second kappa shape index (κ2) is 4.74. The minimum Gasteiger partial charge on any atom is -0.391 e. The van der Waals surface area contributed by atoms with Gasteiger partial charge < -0.3 is 10.2 Å². The number of thiophene rings is 1. The molecule has 0 saturated carbocycles. The van der Waals surface area contributed by atoms with Crippen LogP contribution in [-0.4, -0.2) is 10.2 Å². The number of aliphatic hydroxyl groups is 2. The largest absolute Gasteiger partial charge is 0.391 e. The summed E-state index contributed by atoms with van der Waals surface area (Å²) in [4.78, 5) is 2.03. The Morgan fingerprint density at radius 1 is 0.923 bits per heavy atom. The van der Waals surface area contributed by atoms with Crippen molar-refractivity contribution in [1.29, 1.82) is 0 Å². The average Bonchev–Trinajstić information content (AvgIpc) is 2.54. The van der Waals surface area contributed by atoms with E-state index < -0.39 is 0 Å². The van der Waals surface area contributed by atoms with Crippen LogP contribution < -0.4 is 0 Å². The summed E-state index contributed by atoms with van der Waals surface area (Å²) in [5.41, 5.74) is 2.47. The molecule has 1 rings (SSSR count). The zero-order chi connectivity index (χ0) is 9.84. The highest BCUT2D eigenvalue weighted by molar-refractivity contribution is 7.12. The Morgan fingerprint density at radius 2 is 1.31 bits per heavy atom. The molecule has 0 atom stereocenters. The number of rotatable bonds is 4. The lowest BCUT2D eigenvalue weighted by molar-refractivity contribution is 0.284. The Balaban J connectivity index is 3.17. The summed E-state index contributed by atoms with van der Waals surface area (Å²) in [6.07, 6.45) is 1.88. The minimum absolute atomic E-state index is 0.0981. The Labute approximate surface area is 82.8 Å². The van der Waals surface area contributed by atoms with Crippen LogP contribution in [0.1, 0.15) is 34.7 Å². The summed E-state index contributed by atoms with van der Waals surface area (Å²) in [7, 11) is 0. The lowest BCUT2D eigenvalue weighted by Gasteiger charge is -2.01. The van der Waals surface area contributed by atoms with E-state index in [-0.39, 0.29) is 13.2 Å². The normalized spacial score (nSPS) is 10.8. The maximum absolute atomic E-state index is 9.11. The summed E-state index contributed by atoms with van der Waals surface area (Å²) in [5, 5.41) is 18.2. The van der Waals surface area contributed by atoms with Crippen LogP contribution in [0.2, 0.25) is 0 Å². The Hall–Kier alpha value is -0.380. The second-order valence-corrected chi connectivity index (χ2v) is 4.12. The van der Waals surface area contributed by atoms with Gasteiger partial charge in [0.1, 0.15) is 0 Å². The third-order valence-electron chi connectivity index (χ3n) is 2.28. The zero-order valence-electron chi connectivity index (χ0n) is 8.13. The molecular formula is C10H16O2S. The molecule has 0 radical (unpaired) electrons. The van der Waals surface area contributed by atoms with Gasteiger partial charge in [0, 0.05) is 9.75 Å². The van der Waals surface area contributed by atoms with E-state index >= 15 is 0 Å². The summed E-state index contributed by atoms with van der Waals surface area (Å²) >= 11 is 1.54. The van der Waals surface area contributed by atoms with Gasteiger partial charge in [-0.3, -0.25) is 0 Å². The maximum atomic E-state index is 9.11. The van der Waals surface area contributed by atoms with Crippen LogP contribution in [0.5, 0.6) is 0 Å². The molecule has 0 bridgehead atoms. The predicted molar refractivity (Wildman–Crippen MR) is 54.9 cm³/mol. The van der Waals surface area contributed by atoms with E-state index in [4.69, 9.17) is 10.2 Å². The van der Waals surface area contributed by atoms with Crippen molar-refractivity contribution in [3.8, 4) is 0 Å². The van der Waals surface area contributed by atoms with E-state index in [1.54, 1.807) is 0 Å². The first kappa shape index (κ1) is 10.7. The quantitative estimate of drug-likeness (QED) is 0.779. The van der Waals surface area contributed by atoms with E-state index in [1.807, 2.05) is 0 Å². The molecule has 0 amide bonds. The van der Waals surface area contributed by atoms with E-state index in [1.165, 1.54) is 22.5 Å². The monoisotopic (exact) mass is 200 g/mol. The van der Waals surface area contributed by atoms with Crippen LogP contribution in [-0.2, 0) is 26.1 Å². The van der Waals surface area contributed by atoms with E-state index in [2.05, 4.69) is 13.8 Å². The third kappa shape index (κ3) is 1.93. The van der Waals surface area contributed by atoms with Gasteiger partial charge >= 0.3 is 0 Å². The topological polar surface area (TPSA) is 40.5 Å². The van der Waals surface area contributed by atoms with E-state index in [0.29, 0.717) is 0 Å². The first-order valence-corrected chi connectivity index (χ1v) is 5.44. The molecule has 0 aliphatic rings. The van der Waals surface area contributed by atoms with Gasteiger partial charge in [0.2, 0.25) is 0 Å². The van der Waals surface area contributed by atoms with Crippen molar-refractivity contribution >= 4 is 11.3 Å². The highest BCUT2D eigenvalue weighted by atomic mass is 32.1. The average molecular weight is 200 g/mol. The van der Waals surface area contributed by atoms with Crippen LogP contribution in [0.15, 0.2) is 0 Å². The SMILES string of the molecule is CCc1c(CO)sc(CO)c1CC. The van der Waals surface area contributed by atoms with Crippen molar-refractivity contribution in [2.24, 2.45) is 0 Å². The molecule has 0 spiro atoms. The smallest absolute Gasteiger partial charge is 0.0777 e. The molecule has 0 aliphatic carbocycles. The molecule has 13 heavy (non-hydrogen) atoms. The first-order chi connectivity index (χ1) is 6.28. The van der Waals surface area contributed by atoms with Crippen LogP contribution >= 0.6 is 11.3 Å². The summed E-state index contributed by atoms with van der Waals surface area (Å²) in [6.45, 7) is 4.37. The van der Waals surface area contributed by atoms with E-state index in [0.717, 1.165) is 22.6 Å². The molecule has 0 fully saturated rings. The van der Waals surface area contributed by atoms with Crippen molar-refractivity contribution in [2.75, 3.05) is 0 Å². The lowest BCUT2D eigenvalue weighted by Crippen LogP contribution is -1.92. The van der Waals surface area contributed by atoms with Crippen LogP contribution in [0.4, 0.5) is 0 Å². The lowest BCUT2D eigenvalue weighted by atomic mass is 10.0.